The van der Waals surface area contributed by atoms with Crippen molar-refractivity contribution in [3.63, 3.8) is 0 Å². The summed E-state index contributed by atoms with van der Waals surface area (Å²) < 4.78 is 6.94. The molecule has 0 aliphatic carbocycles. The first kappa shape index (κ1) is 8.96. The summed E-state index contributed by atoms with van der Waals surface area (Å²) in [4.78, 5) is 0. The highest BCUT2D eigenvalue weighted by atomic mass is 16.5. The van der Waals surface area contributed by atoms with Crippen LogP contribution in [0.5, 0.6) is 0 Å². The molecule has 2 rings (SSSR count). The molecule has 0 saturated carbocycles. The molecule has 0 amide bonds. The van der Waals surface area contributed by atoms with E-state index in [1.807, 2.05) is 23.7 Å². The summed E-state index contributed by atoms with van der Waals surface area (Å²) in [5.74, 6) is 0.775. The Labute approximate surface area is 81.5 Å². The Bertz CT molecular complexity index is 418. The lowest BCUT2D eigenvalue weighted by Crippen LogP contribution is -2.02. The smallest absolute Gasteiger partial charge is 0.158 e. The molecule has 2 aromatic rings. The molecule has 2 N–H and O–H groups in total. The van der Waals surface area contributed by atoms with Crippen LogP contribution in [0, 0.1) is 6.92 Å². The van der Waals surface area contributed by atoms with Gasteiger partial charge in [0.2, 0.25) is 0 Å². The van der Waals surface area contributed by atoms with Crippen molar-refractivity contribution in [2.45, 2.75) is 20.0 Å². The highest BCUT2D eigenvalue weighted by Gasteiger charge is 2.04. The summed E-state index contributed by atoms with van der Waals surface area (Å²) in [6.07, 6.45) is 1.76. The van der Waals surface area contributed by atoms with E-state index in [4.69, 9.17) is 10.3 Å². The van der Waals surface area contributed by atoms with E-state index in [2.05, 4.69) is 10.3 Å². The Morgan fingerprint density at radius 3 is 3.00 bits per heavy atom. The highest BCUT2D eigenvalue weighted by molar-refractivity contribution is 5.07. The van der Waals surface area contributed by atoms with Crippen LogP contribution in [0.1, 0.15) is 17.1 Å². The first-order valence-corrected chi connectivity index (χ1v) is 4.42. The summed E-state index contributed by atoms with van der Waals surface area (Å²) >= 11 is 0. The van der Waals surface area contributed by atoms with Gasteiger partial charge < -0.3 is 10.3 Å². The number of aromatic nitrogens is 3. The van der Waals surface area contributed by atoms with Gasteiger partial charge in [-0.15, -0.1) is 0 Å². The number of rotatable bonds is 3. The minimum absolute atomic E-state index is 0.404. The minimum atomic E-state index is 0.404. The van der Waals surface area contributed by atoms with Crippen LogP contribution in [0.4, 0.5) is 0 Å². The molecule has 0 aliphatic heterocycles. The van der Waals surface area contributed by atoms with Gasteiger partial charge >= 0.3 is 0 Å². The summed E-state index contributed by atoms with van der Waals surface area (Å²) in [6.45, 7) is 3.00. The van der Waals surface area contributed by atoms with Gasteiger partial charge in [0.15, 0.2) is 5.76 Å². The minimum Gasteiger partial charge on any atom is -0.359 e. The molecule has 0 fully saturated rings. The molecule has 74 valence electrons. The van der Waals surface area contributed by atoms with Gasteiger partial charge in [-0.3, -0.25) is 4.68 Å². The number of hydrogen-bond donors (Lipinski definition) is 1. The van der Waals surface area contributed by atoms with Crippen LogP contribution in [0.3, 0.4) is 0 Å². The maximum atomic E-state index is 5.42. The highest BCUT2D eigenvalue weighted by Crippen LogP contribution is 2.06. The average Bonchev–Trinajstić information content (AvgIpc) is 2.77. The molecule has 14 heavy (non-hydrogen) atoms. The molecule has 0 radical (unpaired) electrons. The van der Waals surface area contributed by atoms with Gasteiger partial charge in [-0.25, -0.2) is 0 Å². The number of aryl methyl sites for hydroxylation is 1. The van der Waals surface area contributed by atoms with Gasteiger partial charge in [0.05, 0.1) is 5.69 Å². The van der Waals surface area contributed by atoms with Crippen LogP contribution in [0.15, 0.2) is 22.9 Å². The molecular weight excluding hydrogens is 180 g/mol. The van der Waals surface area contributed by atoms with Crippen molar-refractivity contribution in [2.75, 3.05) is 0 Å². The lowest BCUT2D eigenvalue weighted by molar-refractivity contribution is 0.365. The van der Waals surface area contributed by atoms with E-state index in [-0.39, 0.29) is 0 Å². The topological polar surface area (TPSA) is 69.9 Å². The molecule has 0 bridgehead atoms. The van der Waals surface area contributed by atoms with E-state index in [0.717, 1.165) is 17.1 Å². The van der Waals surface area contributed by atoms with Crippen molar-refractivity contribution in [2.24, 2.45) is 5.73 Å². The van der Waals surface area contributed by atoms with Gasteiger partial charge in [0, 0.05) is 24.5 Å². The summed E-state index contributed by atoms with van der Waals surface area (Å²) in [5, 5.41) is 7.95. The van der Waals surface area contributed by atoms with Gasteiger partial charge in [-0.2, -0.15) is 5.10 Å². The van der Waals surface area contributed by atoms with Crippen LogP contribution < -0.4 is 5.73 Å². The van der Waals surface area contributed by atoms with Crippen molar-refractivity contribution in [3.05, 3.63) is 35.5 Å². The van der Waals surface area contributed by atoms with Gasteiger partial charge in [-0.05, 0) is 13.0 Å². The van der Waals surface area contributed by atoms with Crippen LogP contribution in [-0.2, 0) is 13.1 Å². The zero-order valence-corrected chi connectivity index (χ0v) is 7.97. The lowest BCUT2D eigenvalue weighted by atomic mass is 10.3. The largest absolute Gasteiger partial charge is 0.359 e. The molecule has 0 saturated heterocycles. The summed E-state index contributed by atoms with van der Waals surface area (Å²) in [6, 6.07) is 3.79. The van der Waals surface area contributed by atoms with Crippen molar-refractivity contribution in [3.8, 4) is 0 Å². The van der Waals surface area contributed by atoms with E-state index in [9.17, 15) is 0 Å². The molecule has 0 unspecified atom stereocenters. The molecule has 2 heterocycles. The second-order valence-electron chi connectivity index (χ2n) is 3.12. The second-order valence-corrected chi connectivity index (χ2v) is 3.12. The monoisotopic (exact) mass is 192 g/mol. The summed E-state index contributed by atoms with van der Waals surface area (Å²) in [7, 11) is 0. The SMILES string of the molecule is Cc1ccnn1Cc1cc(CN)no1. The molecule has 0 atom stereocenters. The standard InChI is InChI=1S/C9H12N4O/c1-7-2-3-11-13(7)6-9-4-8(5-10)12-14-9/h2-4H,5-6,10H2,1H3. The van der Waals surface area contributed by atoms with Crippen molar-refractivity contribution in [1.82, 2.24) is 14.9 Å². The van der Waals surface area contributed by atoms with Gasteiger partial charge in [0.25, 0.3) is 0 Å². The zero-order valence-electron chi connectivity index (χ0n) is 7.97. The molecule has 2 aromatic heterocycles. The first-order valence-electron chi connectivity index (χ1n) is 4.42. The Balaban J connectivity index is 2.15. The summed E-state index contributed by atoms with van der Waals surface area (Å²) in [5.41, 5.74) is 7.28. The van der Waals surface area contributed by atoms with E-state index >= 15 is 0 Å². The predicted molar refractivity (Wildman–Crippen MR) is 50.5 cm³/mol. The third kappa shape index (κ3) is 1.67. The maximum Gasteiger partial charge on any atom is 0.158 e. The number of hydrogen-bond acceptors (Lipinski definition) is 4. The Morgan fingerprint density at radius 2 is 2.43 bits per heavy atom. The lowest BCUT2D eigenvalue weighted by Gasteiger charge is -1.98. The van der Waals surface area contributed by atoms with E-state index in [1.54, 1.807) is 6.20 Å². The number of nitrogens with zero attached hydrogens (tertiary/aromatic N) is 3. The maximum absolute atomic E-state index is 5.42. The van der Waals surface area contributed by atoms with Crippen molar-refractivity contribution in [1.29, 1.82) is 0 Å². The fourth-order valence-electron chi connectivity index (χ4n) is 1.24. The molecular formula is C9H12N4O. The fourth-order valence-corrected chi connectivity index (χ4v) is 1.24. The van der Waals surface area contributed by atoms with Gasteiger partial charge in [0.1, 0.15) is 6.54 Å². The van der Waals surface area contributed by atoms with Crippen LogP contribution in [0.2, 0.25) is 0 Å². The Hall–Kier alpha value is -1.62. The second kappa shape index (κ2) is 3.63. The van der Waals surface area contributed by atoms with E-state index < -0.39 is 0 Å². The molecule has 0 aromatic carbocycles. The zero-order chi connectivity index (χ0) is 9.97. The number of nitrogens with two attached hydrogens (primary N) is 1. The van der Waals surface area contributed by atoms with Crippen LogP contribution >= 0.6 is 0 Å². The van der Waals surface area contributed by atoms with Crippen molar-refractivity contribution >= 4 is 0 Å². The van der Waals surface area contributed by atoms with Crippen molar-refractivity contribution < 1.29 is 4.52 Å². The fraction of sp³-hybridized carbons (Fsp3) is 0.333. The normalized spacial score (nSPS) is 10.7. The average molecular weight is 192 g/mol. The third-order valence-electron chi connectivity index (χ3n) is 2.05. The molecule has 5 heteroatoms. The molecule has 5 nitrogen and oxygen atoms in total. The quantitative estimate of drug-likeness (QED) is 0.776. The first-order chi connectivity index (χ1) is 6.79. The van der Waals surface area contributed by atoms with Gasteiger partial charge in [-0.1, -0.05) is 5.16 Å². The van der Waals surface area contributed by atoms with E-state index in [0.29, 0.717) is 13.1 Å². The Morgan fingerprint density at radius 1 is 1.57 bits per heavy atom. The van der Waals surface area contributed by atoms with E-state index in [1.165, 1.54) is 0 Å². The Kier molecular flexibility index (Phi) is 2.32. The van der Waals surface area contributed by atoms with Crippen LogP contribution in [0.25, 0.3) is 0 Å². The third-order valence-corrected chi connectivity index (χ3v) is 2.05. The van der Waals surface area contributed by atoms with Crippen LogP contribution in [-0.4, -0.2) is 14.9 Å². The molecule has 0 aliphatic rings. The predicted octanol–water partition coefficient (Wildman–Crippen LogP) is 0.687. The molecule has 0 spiro atoms.